The van der Waals surface area contributed by atoms with E-state index in [1.165, 1.54) is 24.3 Å². The highest BCUT2D eigenvalue weighted by atomic mass is 16.5. The lowest BCUT2D eigenvalue weighted by atomic mass is 9.93. The van der Waals surface area contributed by atoms with Crippen molar-refractivity contribution in [2.45, 2.75) is 18.9 Å². The number of phenolic OH excluding ortho intramolecular Hbond substituents is 3. The summed E-state index contributed by atoms with van der Waals surface area (Å²) >= 11 is 0. The molecule has 0 saturated heterocycles. The summed E-state index contributed by atoms with van der Waals surface area (Å²) < 4.78 is 5.77. The van der Waals surface area contributed by atoms with Gasteiger partial charge in [-0.15, -0.1) is 6.58 Å². The van der Waals surface area contributed by atoms with Gasteiger partial charge in [0, 0.05) is 11.6 Å². The molecule has 0 spiro atoms. The van der Waals surface area contributed by atoms with Crippen LogP contribution >= 0.6 is 0 Å². The second-order valence-corrected chi connectivity index (χ2v) is 5.41. The number of aromatic hydroxyl groups is 3. The maximum atomic E-state index is 12.4. The second kappa shape index (κ2) is 5.68. The number of rotatable bonds is 3. The number of carbonyl (C=O) groups is 1. The van der Waals surface area contributed by atoms with Crippen molar-refractivity contribution < 1.29 is 24.9 Å². The third-order valence-corrected chi connectivity index (χ3v) is 3.88. The van der Waals surface area contributed by atoms with E-state index in [0.717, 1.165) is 5.56 Å². The monoisotopic (exact) mass is 312 g/mol. The first kappa shape index (κ1) is 15.0. The molecule has 0 fully saturated rings. The number of benzene rings is 2. The molecule has 2 aromatic rings. The van der Waals surface area contributed by atoms with Gasteiger partial charge in [0.05, 0.1) is 6.42 Å². The Morgan fingerprint density at radius 3 is 2.57 bits per heavy atom. The Bertz CT molecular complexity index is 777. The molecular formula is C18H16O5. The van der Waals surface area contributed by atoms with Gasteiger partial charge in [-0.1, -0.05) is 18.2 Å². The number of allylic oxidation sites excluding steroid dienone is 1. The van der Waals surface area contributed by atoms with Gasteiger partial charge < -0.3 is 20.1 Å². The van der Waals surface area contributed by atoms with Crippen molar-refractivity contribution in [3.05, 3.63) is 59.7 Å². The number of carbonyl (C=O) groups excluding carboxylic acids is 1. The largest absolute Gasteiger partial charge is 0.508 e. The van der Waals surface area contributed by atoms with Crippen LogP contribution in [0.3, 0.4) is 0 Å². The predicted octanol–water partition coefficient (Wildman–Crippen LogP) is 3.24. The average molecular weight is 312 g/mol. The minimum atomic E-state index is -0.528. The van der Waals surface area contributed by atoms with Crippen LogP contribution < -0.4 is 4.74 Å². The first-order valence-corrected chi connectivity index (χ1v) is 7.18. The van der Waals surface area contributed by atoms with Gasteiger partial charge in [0.1, 0.15) is 34.7 Å². The van der Waals surface area contributed by atoms with Crippen molar-refractivity contribution in [3.8, 4) is 23.0 Å². The third-order valence-electron chi connectivity index (χ3n) is 3.88. The van der Waals surface area contributed by atoms with E-state index in [4.69, 9.17) is 4.74 Å². The molecule has 0 bridgehead atoms. The standard InChI is InChI=1S/C18H16O5/c1-2-3-12-13(20)8-16-17(18(12)22)14(21)9-15(23-16)10-4-6-11(19)7-5-10/h2,4-8,15,19-20,22H,1,3,9H2/t15-/m0/s1. The van der Waals surface area contributed by atoms with Gasteiger partial charge in [-0.2, -0.15) is 0 Å². The molecule has 0 unspecified atom stereocenters. The summed E-state index contributed by atoms with van der Waals surface area (Å²) in [6.45, 7) is 3.57. The van der Waals surface area contributed by atoms with E-state index in [1.54, 1.807) is 12.1 Å². The van der Waals surface area contributed by atoms with Gasteiger partial charge in [-0.3, -0.25) is 4.79 Å². The molecule has 3 rings (SSSR count). The molecule has 1 aliphatic heterocycles. The van der Waals surface area contributed by atoms with Gasteiger partial charge in [-0.25, -0.2) is 0 Å². The average Bonchev–Trinajstić information content (AvgIpc) is 2.51. The molecular weight excluding hydrogens is 296 g/mol. The summed E-state index contributed by atoms with van der Waals surface area (Å²) in [7, 11) is 0. The third kappa shape index (κ3) is 2.61. The molecule has 0 saturated carbocycles. The van der Waals surface area contributed by atoms with Crippen LogP contribution in [-0.4, -0.2) is 21.1 Å². The molecule has 23 heavy (non-hydrogen) atoms. The summed E-state index contributed by atoms with van der Waals surface area (Å²) in [5.74, 6) is -0.371. The first-order chi connectivity index (χ1) is 11.0. The van der Waals surface area contributed by atoms with Crippen LogP contribution in [0, 0.1) is 0 Å². The van der Waals surface area contributed by atoms with E-state index < -0.39 is 6.10 Å². The Labute approximate surface area is 133 Å². The molecule has 0 aliphatic carbocycles. The van der Waals surface area contributed by atoms with Crippen molar-refractivity contribution in [3.63, 3.8) is 0 Å². The molecule has 1 aliphatic rings. The SMILES string of the molecule is C=CCc1c(O)cc2c(c1O)C(=O)C[C@@H](c1ccc(O)cc1)O2. The quantitative estimate of drug-likeness (QED) is 0.757. The minimum Gasteiger partial charge on any atom is -0.508 e. The summed E-state index contributed by atoms with van der Waals surface area (Å²) in [6.07, 6.45) is 1.33. The van der Waals surface area contributed by atoms with E-state index in [1.807, 2.05) is 0 Å². The smallest absolute Gasteiger partial charge is 0.174 e. The topological polar surface area (TPSA) is 87.0 Å². The van der Waals surface area contributed by atoms with Gasteiger partial charge >= 0.3 is 0 Å². The highest BCUT2D eigenvalue weighted by molar-refractivity contribution is 6.03. The number of hydrogen-bond acceptors (Lipinski definition) is 5. The lowest BCUT2D eigenvalue weighted by Crippen LogP contribution is -2.20. The maximum Gasteiger partial charge on any atom is 0.174 e. The van der Waals surface area contributed by atoms with Gasteiger partial charge in [0.2, 0.25) is 0 Å². The Hall–Kier alpha value is -2.95. The highest BCUT2D eigenvalue weighted by Crippen LogP contribution is 2.44. The lowest BCUT2D eigenvalue weighted by molar-refractivity contribution is 0.0844. The van der Waals surface area contributed by atoms with Crippen LogP contribution in [0.25, 0.3) is 0 Å². The van der Waals surface area contributed by atoms with Crippen LogP contribution in [0.5, 0.6) is 23.0 Å². The molecule has 1 heterocycles. The predicted molar refractivity (Wildman–Crippen MR) is 84.1 cm³/mol. The fraction of sp³-hybridized carbons (Fsp3) is 0.167. The fourth-order valence-electron chi connectivity index (χ4n) is 2.72. The van der Waals surface area contributed by atoms with E-state index in [0.29, 0.717) is 0 Å². The van der Waals surface area contributed by atoms with Crippen LogP contribution in [0.2, 0.25) is 0 Å². The fourth-order valence-corrected chi connectivity index (χ4v) is 2.72. The van der Waals surface area contributed by atoms with Gasteiger partial charge in [0.15, 0.2) is 5.78 Å². The van der Waals surface area contributed by atoms with E-state index in [2.05, 4.69) is 6.58 Å². The minimum absolute atomic E-state index is 0.0731. The number of hydrogen-bond donors (Lipinski definition) is 3. The number of ketones is 1. The van der Waals surface area contributed by atoms with Crippen molar-refractivity contribution in [2.75, 3.05) is 0 Å². The number of phenols is 3. The van der Waals surface area contributed by atoms with Crippen molar-refractivity contribution in [1.82, 2.24) is 0 Å². The number of fused-ring (bicyclic) bond motifs is 1. The summed E-state index contributed by atoms with van der Waals surface area (Å²) in [4.78, 5) is 12.4. The van der Waals surface area contributed by atoms with Crippen LogP contribution in [-0.2, 0) is 6.42 Å². The first-order valence-electron chi connectivity index (χ1n) is 7.18. The van der Waals surface area contributed by atoms with Crippen LogP contribution in [0.15, 0.2) is 43.0 Å². The van der Waals surface area contributed by atoms with E-state index >= 15 is 0 Å². The Morgan fingerprint density at radius 1 is 1.22 bits per heavy atom. The number of ether oxygens (including phenoxy) is 1. The summed E-state index contributed by atoms with van der Waals surface area (Å²) in [5, 5.41) is 29.6. The zero-order valence-electron chi connectivity index (χ0n) is 12.3. The lowest BCUT2D eigenvalue weighted by Gasteiger charge is -2.27. The second-order valence-electron chi connectivity index (χ2n) is 5.41. The highest BCUT2D eigenvalue weighted by Gasteiger charge is 2.32. The van der Waals surface area contributed by atoms with Crippen molar-refractivity contribution >= 4 is 5.78 Å². The van der Waals surface area contributed by atoms with E-state index in [-0.39, 0.29) is 52.7 Å². The normalized spacial score (nSPS) is 16.5. The zero-order valence-corrected chi connectivity index (χ0v) is 12.3. The Kier molecular flexibility index (Phi) is 3.70. The number of Topliss-reactive ketones (excluding diaryl/α,β-unsaturated/α-hetero) is 1. The summed E-state index contributed by atoms with van der Waals surface area (Å²) in [5.41, 5.74) is 1.09. The molecule has 0 radical (unpaired) electrons. The van der Waals surface area contributed by atoms with Crippen molar-refractivity contribution in [2.24, 2.45) is 0 Å². The Balaban J connectivity index is 2.02. The van der Waals surface area contributed by atoms with Crippen LogP contribution in [0.4, 0.5) is 0 Å². The van der Waals surface area contributed by atoms with Crippen LogP contribution in [0.1, 0.15) is 34.0 Å². The zero-order chi connectivity index (χ0) is 16.6. The maximum absolute atomic E-state index is 12.4. The molecule has 0 aromatic heterocycles. The molecule has 3 N–H and O–H groups in total. The molecule has 1 atom stereocenters. The molecule has 5 nitrogen and oxygen atoms in total. The van der Waals surface area contributed by atoms with Gasteiger partial charge in [-0.05, 0) is 24.1 Å². The molecule has 118 valence electrons. The Morgan fingerprint density at radius 2 is 1.91 bits per heavy atom. The van der Waals surface area contributed by atoms with Gasteiger partial charge in [0.25, 0.3) is 0 Å². The van der Waals surface area contributed by atoms with Crippen molar-refractivity contribution in [1.29, 1.82) is 0 Å². The molecule has 5 heteroatoms. The summed E-state index contributed by atoms with van der Waals surface area (Å²) in [6, 6.07) is 7.72. The molecule has 2 aromatic carbocycles. The molecule has 0 amide bonds. The van der Waals surface area contributed by atoms with E-state index in [9.17, 15) is 20.1 Å².